The summed E-state index contributed by atoms with van der Waals surface area (Å²) in [5.41, 5.74) is 5.67. The maximum atomic E-state index is 5.67. The monoisotopic (exact) mass is 209 g/mol. The average Bonchev–Trinajstić information content (AvgIpc) is 2.67. The molecule has 0 aliphatic heterocycles. The van der Waals surface area contributed by atoms with Gasteiger partial charge in [-0.2, -0.15) is 0 Å². The fraction of sp³-hybridized carbons (Fsp3) is 0.600. The molecule has 1 heterocycles. The van der Waals surface area contributed by atoms with Crippen LogP contribution in [0.2, 0.25) is 0 Å². The molecule has 0 aliphatic rings. The zero-order valence-electron chi connectivity index (χ0n) is 9.33. The van der Waals surface area contributed by atoms with Gasteiger partial charge in [0.15, 0.2) is 5.96 Å². The van der Waals surface area contributed by atoms with Crippen LogP contribution in [0.3, 0.4) is 0 Å². The molecule has 0 fully saturated rings. The Bertz CT molecular complexity index is 289. The van der Waals surface area contributed by atoms with Crippen molar-refractivity contribution in [1.82, 2.24) is 15.3 Å². The van der Waals surface area contributed by atoms with Gasteiger partial charge in [0.2, 0.25) is 0 Å². The lowest BCUT2D eigenvalue weighted by molar-refractivity contribution is 0.660. The highest BCUT2D eigenvalue weighted by Gasteiger charge is 1.96. The summed E-state index contributed by atoms with van der Waals surface area (Å²) in [5.74, 6) is 2.00. The molecule has 1 aromatic rings. The van der Waals surface area contributed by atoms with Crippen molar-refractivity contribution in [2.24, 2.45) is 16.6 Å². The third kappa shape index (κ3) is 5.05. The summed E-state index contributed by atoms with van der Waals surface area (Å²) in [7, 11) is 0. The van der Waals surface area contributed by atoms with E-state index >= 15 is 0 Å². The molecular weight excluding hydrogens is 190 g/mol. The first-order valence-electron chi connectivity index (χ1n) is 5.20. The Morgan fingerprint density at radius 2 is 2.47 bits per heavy atom. The van der Waals surface area contributed by atoms with Crippen molar-refractivity contribution in [3.05, 3.63) is 18.2 Å². The number of nitrogens with two attached hydrogens (primary N) is 1. The van der Waals surface area contributed by atoms with Gasteiger partial charge < -0.3 is 16.0 Å². The minimum atomic E-state index is 0.509. The van der Waals surface area contributed by atoms with Gasteiger partial charge in [-0.15, -0.1) is 0 Å². The zero-order chi connectivity index (χ0) is 11.1. The number of hydrogen-bond donors (Lipinski definition) is 3. The number of aromatic nitrogens is 2. The van der Waals surface area contributed by atoms with E-state index in [0.29, 0.717) is 11.9 Å². The highest BCUT2D eigenvalue weighted by atomic mass is 15.1. The van der Waals surface area contributed by atoms with Gasteiger partial charge in [-0.1, -0.05) is 13.8 Å². The highest BCUT2D eigenvalue weighted by Crippen LogP contribution is 1.91. The summed E-state index contributed by atoms with van der Waals surface area (Å²) < 4.78 is 0. The Kier molecular flexibility index (Phi) is 4.66. The number of imidazole rings is 1. The van der Waals surface area contributed by atoms with Gasteiger partial charge in [-0.25, -0.2) is 4.98 Å². The molecule has 1 rings (SSSR count). The second kappa shape index (κ2) is 6.06. The first-order valence-corrected chi connectivity index (χ1v) is 5.20. The number of rotatable bonds is 5. The standard InChI is InChI=1S/C10H19N5/c1-8(2)7-15-10(11)14-4-3-9-12-5-6-13-9/h5-6,8H,3-4,7H2,1-2H3,(H,12,13)(H3,11,14,15). The third-order valence-electron chi connectivity index (χ3n) is 1.85. The smallest absolute Gasteiger partial charge is 0.188 e. The molecule has 84 valence electrons. The molecule has 5 heteroatoms. The molecule has 0 spiro atoms. The predicted octanol–water partition coefficient (Wildman–Crippen LogP) is 0.512. The van der Waals surface area contributed by atoms with E-state index in [9.17, 15) is 0 Å². The normalized spacial score (nSPS) is 12.1. The maximum absolute atomic E-state index is 5.67. The number of guanidine groups is 1. The molecule has 0 unspecified atom stereocenters. The summed E-state index contributed by atoms with van der Waals surface area (Å²) in [6.45, 7) is 5.74. The Labute approximate surface area is 90.2 Å². The second-order valence-electron chi connectivity index (χ2n) is 3.83. The van der Waals surface area contributed by atoms with E-state index in [1.54, 1.807) is 6.20 Å². The van der Waals surface area contributed by atoms with E-state index < -0.39 is 0 Å². The molecule has 0 amide bonds. The molecule has 0 saturated carbocycles. The molecule has 4 N–H and O–H groups in total. The van der Waals surface area contributed by atoms with Gasteiger partial charge in [-0.05, 0) is 5.92 Å². The first-order chi connectivity index (χ1) is 7.18. The van der Waals surface area contributed by atoms with Gasteiger partial charge in [0.05, 0.1) is 0 Å². The summed E-state index contributed by atoms with van der Waals surface area (Å²) in [4.78, 5) is 11.3. The number of nitrogens with one attached hydrogen (secondary N) is 2. The van der Waals surface area contributed by atoms with E-state index in [4.69, 9.17) is 5.73 Å². The summed E-state index contributed by atoms with van der Waals surface area (Å²) in [5, 5.41) is 3.04. The van der Waals surface area contributed by atoms with E-state index in [-0.39, 0.29) is 0 Å². The van der Waals surface area contributed by atoms with Crippen LogP contribution in [0.5, 0.6) is 0 Å². The fourth-order valence-electron chi connectivity index (χ4n) is 1.08. The van der Waals surface area contributed by atoms with Crippen LogP contribution in [0.1, 0.15) is 19.7 Å². The third-order valence-corrected chi connectivity index (χ3v) is 1.85. The van der Waals surface area contributed by atoms with Gasteiger partial charge in [0.25, 0.3) is 0 Å². The lowest BCUT2D eigenvalue weighted by Crippen LogP contribution is -2.33. The Morgan fingerprint density at radius 3 is 3.07 bits per heavy atom. The van der Waals surface area contributed by atoms with E-state index in [0.717, 1.165) is 25.3 Å². The number of nitrogens with zero attached hydrogens (tertiary/aromatic N) is 2. The average molecular weight is 209 g/mol. The van der Waals surface area contributed by atoms with Crippen molar-refractivity contribution >= 4 is 5.96 Å². The van der Waals surface area contributed by atoms with Crippen LogP contribution in [0.15, 0.2) is 17.4 Å². The zero-order valence-corrected chi connectivity index (χ0v) is 9.33. The van der Waals surface area contributed by atoms with E-state index in [2.05, 4.69) is 34.1 Å². The number of aromatic amines is 1. The summed E-state index contributed by atoms with van der Waals surface area (Å²) in [6.07, 6.45) is 4.38. The van der Waals surface area contributed by atoms with Crippen LogP contribution in [0, 0.1) is 5.92 Å². The van der Waals surface area contributed by atoms with Crippen molar-refractivity contribution < 1.29 is 0 Å². The molecule has 0 atom stereocenters. The first kappa shape index (κ1) is 11.6. The van der Waals surface area contributed by atoms with Crippen LogP contribution in [0.4, 0.5) is 0 Å². The van der Waals surface area contributed by atoms with Crippen LogP contribution in [-0.4, -0.2) is 29.0 Å². The lowest BCUT2D eigenvalue weighted by atomic mass is 10.2. The van der Waals surface area contributed by atoms with E-state index in [1.807, 2.05) is 6.20 Å². The largest absolute Gasteiger partial charge is 0.370 e. The van der Waals surface area contributed by atoms with Crippen molar-refractivity contribution in [1.29, 1.82) is 0 Å². The Morgan fingerprint density at radius 1 is 1.67 bits per heavy atom. The molecule has 5 nitrogen and oxygen atoms in total. The van der Waals surface area contributed by atoms with Crippen LogP contribution in [0.25, 0.3) is 0 Å². The highest BCUT2D eigenvalue weighted by molar-refractivity contribution is 5.77. The number of aliphatic imine (C=N–C) groups is 1. The van der Waals surface area contributed by atoms with Crippen LogP contribution >= 0.6 is 0 Å². The van der Waals surface area contributed by atoms with Crippen molar-refractivity contribution in [3.63, 3.8) is 0 Å². The molecule has 0 aromatic carbocycles. The molecule has 1 aromatic heterocycles. The van der Waals surface area contributed by atoms with Crippen molar-refractivity contribution in [3.8, 4) is 0 Å². The maximum Gasteiger partial charge on any atom is 0.188 e. The Balaban J connectivity index is 2.17. The van der Waals surface area contributed by atoms with Crippen LogP contribution < -0.4 is 11.1 Å². The molecule has 15 heavy (non-hydrogen) atoms. The van der Waals surface area contributed by atoms with Crippen molar-refractivity contribution in [2.75, 3.05) is 13.1 Å². The summed E-state index contributed by atoms with van der Waals surface area (Å²) in [6, 6.07) is 0. The quantitative estimate of drug-likeness (QED) is 0.488. The predicted molar refractivity (Wildman–Crippen MR) is 61.6 cm³/mol. The Hall–Kier alpha value is -1.52. The minimum absolute atomic E-state index is 0.509. The van der Waals surface area contributed by atoms with Gasteiger partial charge in [0.1, 0.15) is 5.82 Å². The SMILES string of the molecule is CC(C)CN=C(N)NCCc1ncc[nH]1. The van der Waals surface area contributed by atoms with Gasteiger partial charge in [0, 0.05) is 31.9 Å². The molecular formula is C10H19N5. The van der Waals surface area contributed by atoms with Gasteiger partial charge in [-0.3, -0.25) is 4.99 Å². The van der Waals surface area contributed by atoms with Gasteiger partial charge >= 0.3 is 0 Å². The summed E-state index contributed by atoms with van der Waals surface area (Å²) >= 11 is 0. The molecule has 0 aliphatic carbocycles. The second-order valence-corrected chi connectivity index (χ2v) is 3.83. The molecule has 0 saturated heterocycles. The minimum Gasteiger partial charge on any atom is -0.370 e. The number of hydrogen-bond acceptors (Lipinski definition) is 2. The van der Waals surface area contributed by atoms with Crippen LogP contribution in [-0.2, 0) is 6.42 Å². The van der Waals surface area contributed by atoms with E-state index in [1.165, 1.54) is 0 Å². The molecule has 0 bridgehead atoms. The topological polar surface area (TPSA) is 79.1 Å². The number of H-pyrrole nitrogens is 1. The molecule has 0 radical (unpaired) electrons. The lowest BCUT2D eigenvalue weighted by Gasteiger charge is -2.05. The van der Waals surface area contributed by atoms with Crippen molar-refractivity contribution in [2.45, 2.75) is 20.3 Å². The fourth-order valence-corrected chi connectivity index (χ4v) is 1.08.